The van der Waals surface area contributed by atoms with Crippen molar-refractivity contribution < 1.29 is 19.4 Å². The molecule has 0 atom stereocenters. The molecule has 0 spiro atoms. The Bertz CT molecular complexity index is 711. The predicted octanol–water partition coefficient (Wildman–Crippen LogP) is 2.95. The maximum atomic E-state index is 11.9. The van der Waals surface area contributed by atoms with E-state index in [2.05, 4.69) is 10.5 Å². The molecule has 0 aliphatic rings. The van der Waals surface area contributed by atoms with Gasteiger partial charge < -0.3 is 14.6 Å². The first-order valence-electron chi connectivity index (χ1n) is 7.57. The molecule has 0 unspecified atom stereocenters. The van der Waals surface area contributed by atoms with E-state index < -0.39 is 0 Å². The largest absolute Gasteiger partial charge is 0.508 e. The maximum Gasteiger partial charge on any atom is 0.271 e. The van der Waals surface area contributed by atoms with Crippen molar-refractivity contribution in [2.45, 2.75) is 13.3 Å². The van der Waals surface area contributed by atoms with Gasteiger partial charge >= 0.3 is 0 Å². The number of phenolic OH excluding ortho intramolecular Hbond substituents is 1. The topological polar surface area (TPSA) is 80.2 Å². The van der Waals surface area contributed by atoms with E-state index >= 15 is 0 Å². The molecule has 1 amide bonds. The zero-order valence-corrected chi connectivity index (χ0v) is 13.7. The molecule has 0 bridgehead atoms. The summed E-state index contributed by atoms with van der Waals surface area (Å²) >= 11 is 0. The van der Waals surface area contributed by atoms with Crippen molar-refractivity contribution >= 4 is 12.1 Å². The average Bonchev–Trinajstić information content (AvgIpc) is 2.60. The van der Waals surface area contributed by atoms with Crippen molar-refractivity contribution in [3.63, 3.8) is 0 Å². The maximum absolute atomic E-state index is 11.9. The summed E-state index contributed by atoms with van der Waals surface area (Å²) in [7, 11) is 1.57. The molecular weight excluding hydrogens is 308 g/mol. The smallest absolute Gasteiger partial charge is 0.271 e. The van der Waals surface area contributed by atoms with Crippen molar-refractivity contribution in [3.05, 3.63) is 53.6 Å². The van der Waals surface area contributed by atoms with Crippen LogP contribution in [-0.4, -0.2) is 30.9 Å². The van der Waals surface area contributed by atoms with Crippen LogP contribution in [-0.2, 0) is 0 Å². The highest BCUT2D eigenvalue weighted by Gasteiger charge is 2.05. The molecule has 0 aromatic heterocycles. The molecule has 126 valence electrons. The molecule has 6 nitrogen and oxygen atoms in total. The fraction of sp³-hybridized carbons (Fsp3) is 0.222. The number of hydrogen-bond acceptors (Lipinski definition) is 5. The molecule has 0 saturated carbocycles. The average molecular weight is 328 g/mol. The van der Waals surface area contributed by atoms with Gasteiger partial charge in [0.05, 0.1) is 19.9 Å². The number of aromatic hydroxyl groups is 1. The quantitative estimate of drug-likeness (QED) is 0.605. The van der Waals surface area contributed by atoms with E-state index in [9.17, 15) is 9.90 Å². The Morgan fingerprint density at radius 3 is 2.62 bits per heavy atom. The Morgan fingerprint density at radius 1 is 1.21 bits per heavy atom. The lowest BCUT2D eigenvalue weighted by Gasteiger charge is -2.10. The number of amides is 1. The van der Waals surface area contributed by atoms with Gasteiger partial charge in [-0.3, -0.25) is 4.79 Å². The molecule has 0 heterocycles. The van der Waals surface area contributed by atoms with E-state index in [4.69, 9.17) is 9.47 Å². The van der Waals surface area contributed by atoms with E-state index in [1.807, 2.05) is 13.0 Å². The van der Waals surface area contributed by atoms with Gasteiger partial charge in [-0.2, -0.15) is 5.10 Å². The second-order valence-electron chi connectivity index (χ2n) is 5.00. The lowest BCUT2D eigenvalue weighted by molar-refractivity contribution is 0.0955. The van der Waals surface area contributed by atoms with Gasteiger partial charge in [-0.05, 0) is 54.4 Å². The lowest BCUT2D eigenvalue weighted by Crippen LogP contribution is -2.17. The highest BCUT2D eigenvalue weighted by molar-refractivity contribution is 5.95. The molecule has 6 heteroatoms. The molecule has 2 aromatic rings. The molecule has 2 rings (SSSR count). The van der Waals surface area contributed by atoms with Gasteiger partial charge in [-0.15, -0.1) is 0 Å². The zero-order valence-electron chi connectivity index (χ0n) is 13.7. The number of methoxy groups -OCH3 is 1. The van der Waals surface area contributed by atoms with Crippen LogP contribution in [0.5, 0.6) is 17.2 Å². The van der Waals surface area contributed by atoms with Gasteiger partial charge in [0, 0.05) is 5.56 Å². The van der Waals surface area contributed by atoms with Crippen molar-refractivity contribution in [2.75, 3.05) is 13.7 Å². The van der Waals surface area contributed by atoms with Crippen molar-refractivity contribution in [3.8, 4) is 17.2 Å². The number of hydrogen-bond donors (Lipinski definition) is 2. The van der Waals surface area contributed by atoms with Crippen molar-refractivity contribution in [1.29, 1.82) is 0 Å². The molecule has 2 aromatic carbocycles. The zero-order chi connectivity index (χ0) is 17.4. The highest BCUT2D eigenvalue weighted by Crippen LogP contribution is 2.27. The number of hydrazone groups is 1. The third kappa shape index (κ3) is 4.74. The van der Waals surface area contributed by atoms with E-state index in [1.54, 1.807) is 19.2 Å². The van der Waals surface area contributed by atoms with Crippen LogP contribution < -0.4 is 14.9 Å². The highest BCUT2D eigenvalue weighted by atomic mass is 16.5. The van der Waals surface area contributed by atoms with E-state index in [0.29, 0.717) is 23.7 Å². The van der Waals surface area contributed by atoms with Crippen LogP contribution in [0.3, 0.4) is 0 Å². The Labute approximate surface area is 140 Å². The van der Waals surface area contributed by atoms with Crippen LogP contribution >= 0.6 is 0 Å². The van der Waals surface area contributed by atoms with E-state index in [-0.39, 0.29) is 11.7 Å². The summed E-state index contributed by atoms with van der Waals surface area (Å²) in [5.41, 5.74) is 3.60. The molecule has 24 heavy (non-hydrogen) atoms. The van der Waals surface area contributed by atoms with Gasteiger partial charge in [-0.25, -0.2) is 5.43 Å². The van der Waals surface area contributed by atoms with Crippen LogP contribution in [0.2, 0.25) is 0 Å². The predicted molar refractivity (Wildman–Crippen MR) is 91.9 cm³/mol. The SMILES string of the molecule is CCCOc1ccc(/C=N\NC(=O)c2ccc(O)cc2)cc1OC. The summed E-state index contributed by atoms with van der Waals surface area (Å²) in [6, 6.07) is 11.3. The minimum atomic E-state index is -0.360. The summed E-state index contributed by atoms with van der Waals surface area (Å²) in [6.45, 7) is 2.65. The fourth-order valence-corrected chi connectivity index (χ4v) is 1.94. The normalized spacial score (nSPS) is 10.6. The standard InChI is InChI=1S/C18H20N2O4/c1-3-10-24-16-9-4-13(11-17(16)23-2)12-19-20-18(22)14-5-7-15(21)8-6-14/h4-9,11-12,21H,3,10H2,1-2H3,(H,20,22)/b19-12-. The van der Waals surface area contributed by atoms with Gasteiger partial charge in [0.1, 0.15) is 5.75 Å². The Morgan fingerprint density at radius 2 is 1.96 bits per heavy atom. The lowest BCUT2D eigenvalue weighted by atomic mass is 10.2. The van der Waals surface area contributed by atoms with Crippen LogP contribution in [0.25, 0.3) is 0 Å². The number of nitrogens with one attached hydrogen (secondary N) is 1. The second kappa shape index (κ2) is 8.57. The first-order valence-corrected chi connectivity index (χ1v) is 7.57. The van der Waals surface area contributed by atoms with Gasteiger partial charge in [0.15, 0.2) is 11.5 Å². The monoisotopic (exact) mass is 328 g/mol. The number of ether oxygens (including phenoxy) is 2. The van der Waals surface area contributed by atoms with Crippen molar-refractivity contribution in [1.82, 2.24) is 5.43 Å². The van der Waals surface area contributed by atoms with Gasteiger partial charge in [-0.1, -0.05) is 6.92 Å². The fourth-order valence-electron chi connectivity index (χ4n) is 1.94. The third-order valence-corrected chi connectivity index (χ3v) is 3.16. The van der Waals surface area contributed by atoms with Crippen molar-refractivity contribution in [2.24, 2.45) is 5.10 Å². The molecule has 0 aliphatic carbocycles. The third-order valence-electron chi connectivity index (χ3n) is 3.16. The van der Waals surface area contributed by atoms with Crippen LogP contribution in [0.15, 0.2) is 47.6 Å². The summed E-state index contributed by atoms with van der Waals surface area (Å²) in [5.74, 6) is 1.02. The second-order valence-corrected chi connectivity index (χ2v) is 5.00. The number of nitrogens with zero attached hydrogens (tertiary/aromatic N) is 1. The van der Waals surface area contributed by atoms with E-state index in [0.717, 1.165) is 12.0 Å². The number of rotatable bonds is 7. The summed E-state index contributed by atoms with van der Waals surface area (Å²) in [6.07, 6.45) is 2.43. The minimum Gasteiger partial charge on any atom is -0.508 e. The molecule has 0 fully saturated rings. The molecule has 0 aliphatic heterocycles. The Hall–Kier alpha value is -3.02. The van der Waals surface area contributed by atoms with Crippen LogP contribution in [0.1, 0.15) is 29.3 Å². The first kappa shape index (κ1) is 17.3. The molecule has 0 saturated heterocycles. The summed E-state index contributed by atoms with van der Waals surface area (Å²) < 4.78 is 10.9. The van der Waals surface area contributed by atoms with Crippen LogP contribution in [0, 0.1) is 0 Å². The summed E-state index contributed by atoms with van der Waals surface area (Å²) in [5, 5.41) is 13.1. The molecule has 0 radical (unpaired) electrons. The molecular formula is C18H20N2O4. The van der Waals surface area contributed by atoms with E-state index in [1.165, 1.54) is 30.5 Å². The minimum absolute atomic E-state index is 0.104. The first-order chi connectivity index (χ1) is 11.6. The number of carbonyl (C=O) groups excluding carboxylic acids is 1. The number of carbonyl (C=O) groups is 1. The number of benzene rings is 2. The Kier molecular flexibility index (Phi) is 6.19. The summed E-state index contributed by atoms with van der Waals surface area (Å²) in [4.78, 5) is 11.9. The Balaban J connectivity index is 2.00. The number of phenols is 1. The molecule has 2 N–H and O–H groups in total. The van der Waals surface area contributed by atoms with Crippen LogP contribution in [0.4, 0.5) is 0 Å². The van der Waals surface area contributed by atoms with Gasteiger partial charge in [0.25, 0.3) is 5.91 Å². The van der Waals surface area contributed by atoms with Gasteiger partial charge in [0.2, 0.25) is 0 Å².